The van der Waals surface area contributed by atoms with Crippen molar-refractivity contribution in [2.45, 2.75) is 11.1 Å². The number of nitrogens with one attached hydrogen (secondary N) is 2. The molecule has 0 saturated carbocycles. The highest BCUT2D eigenvalue weighted by molar-refractivity contribution is 7.92. The number of carbonyl (C=O) groups is 1. The molecular formula is C11H15N5O4S2. The molecule has 1 aliphatic heterocycles. The number of aryl methyl sites for hydroxylation is 1. The minimum absolute atomic E-state index is 0.0226. The van der Waals surface area contributed by atoms with Gasteiger partial charge < -0.3 is 9.64 Å². The Morgan fingerprint density at radius 3 is 2.82 bits per heavy atom. The van der Waals surface area contributed by atoms with Gasteiger partial charge in [-0.05, 0) is 23.9 Å². The van der Waals surface area contributed by atoms with Gasteiger partial charge in [0.15, 0.2) is 0 Å². The lowest BCUT2D eigenvalue weighted by Crippen LogP contribution is -2.44. The third kappa shape index (κ3) is 3.54. The van der Waals surface area contributed by atoms with Crippen LogP contribution in [0.5, 0.6) is 0 Å². The number of thiophene rings is 1. The van der Waals surface area contributed by atoms with Crippen molar-refractivity contribution in [2.24, 2.45) is 9.98 Å². The fourth-order valence-corrected chi connectivity index (χ4v) is 3.97. The molecule has 1 aromatic heterocycles. The van der Waals surface area contributed by atoms with Gasteiger partial charge >= 0.3 is 6.03 Å². The Kier molecular flexibility index (Phi) is 4.66. The van der Waals surface area contributed by atoms with Gasteiger partial charge in [0, 0.05) is 7.05 Å². The number of rotatable bonds is 2. The van der Waals surface area contributed by atoms with E-state index in [4.69, 9.17) is 4.74 Å². The van der Waals surface area contributed by atoms with Crippen LogP contribution in [-0.4, -0.2) is 52.2 Å². The Hall–Kier alpha value is -2.14. The average molecular weight is 345 g/mol. The van der Waals surface area contributed by atoms with Gasteiger partial charge in [-0.2, -0.15) is 4.99 Å². The first kappa shape index (κ1) is 16.2. The number of methoxy groups -OCH3 is 1. The van der Waals surface area contributed by atoms with Crippen molar-refractivity contribution < 1.29 is 17.9 Å². The summed E-state index contributed by atoms with van der Waals surface area (Å²) in [6.07, 6.45) is 0. The highest BCUT2D eigenvalue weighted by Gasteiger charge is 2.22. The van der Waals surface area contributed by atoms with E-state index in [2.05, 4.69) is 15.3 Å². The topological polar surface area (TPSA) is 112 Å². The molecule has 9 nitrogen and oxygen atoms in total. The zero-order valence-corrected chi connectivity index (χ0v) is 13.8. The van der Waals surface area contributed by atoms with Gasteiger partial charge in [-0.15, -0.1) is 11.3 Å². The van der Waals surface area contributed by atoms with Crippen molar-refractivity contribution in [3.63, 3.8) is 0 Å². The molecule has 0 atom stereocenters. The molecule has 0 aliphatic carbocycles. The van der Waals surface area contributed by atoms with E-state index in [0.717, 1.165) is 11.3 Å². The van der Waals surface area contributed by atoms with Crippen LogP contribution in [0.25, 0.3) is 0 Å². The number of aliphatic imine (C=N–C) groups is 2. The van der Waals surface area contributed by atoms with E-state index in [-0.39, 0.29) is 22.9 Å². The second kappa shape index (κ2) is 6.32. The lowest BCUT2D eigenvalue weighted by atomic mass is 10.4. The van der Waals surface area contributed by atoms with Crippen LogP contribution in [0.4, 0.5) is 4.79 Å². The van der Waals surface area contributed by atoms with E-state index in [1.54, 1.807) is 30.3 Å². The van der Waals surface area contributed by atoms with Gasteiger partial charge in [0.05, 0.1) is 7.11 Å². The molecule has 0 unspecified atom stereocenters. The Bertz CT molecular complexity index is 737. The molecule has 120 valence electrons. The van der Waals surface area contributed by atoms with E-state index in [1.165, 1.54) is 7.11 Å². The molecule has 0 aromatic carbocycles. The lowest BCUT2D eigenvalue weighted by molar-refractivity contribution is 0.249. The monoisotopic (exact) mass is 345 g/mol. The quantitative estimate of drug-likeness (QED) is 0.801. The van der Waals surface area contributed by atoms with Crippen LogP contribution < -0.4 is 10.0 Å². The molecule has 2 amide bonds. The van der Waals surface area contributed by atoms with Crippen LogP contribution in [0.3, 0.4) is 0 Å². The number of amidine groups is 1. The smallest absolute Gasteiger partial charge is 0.335 e. The third-order valence-electron chi connectivity index (χ3n) is 2.65. The van der Waals surface area contributed by atoms with Crippen LogP contribution in [0, 0.1) is 6.92 Å². The van der Waals surface area contributed by atoms with Crippen LogP contribution in [0.15, 0.2) is 25.6 Å². The highest BCUT2D eigenvalue weighted by Crippen LogP contribution is 2.21. The van der Waals surface area contributed by atoms with E-state index >= 15 is 0 Å². The summed E-state index contributed by atoms with van der Waals surface area (Å²) in [6, 6.07) is 0.991. The minimum atomic E-state index is -3.92. The lowest BCUT2D eigenvalue weighted by Gasteiger charge is -2.21. The molecule has 0 saturated heterocycles. The average Bonchev–Trinajstić information content (AvgIpc) is 2.87. The van der Waals surface area contributed by atoms with Gasteiger partial charge in [-0.1, -0.05) is 0 Å². The van der Waals surface area contributed by atoms with Crippen LogP contribution in [0.2, 0.25) is 0 Å². The number of guanidine groups is 1. The van der Waals surface area contributed by atoms with Crippen molar-refractivity contribution in [1.82, 2.24) is 14.9 Å². The number of sulfonamides is 1. The molecule has 2 heterocycles. The number of hydrogen-bond donors (Lipinski definition) is 2. The molecule has 11 heteroatoms. The zero-order chi connectivity index (χ0) is 16.3. The van der Waals surface area contributed by atoms with Gasteiger partial charge in [0.2, 0.25) is 5.96 Å². The summed E-state index contributed by atoms with van der Waals surface area (Å²) >= 11 is 1.03. The number of nitrogens with zero attached hydrogens (tertiary/aromatic N) is 3. The molecule has 1 aromatic rings. The van der Waals surface area contributed by atoms with Crippen molar-refractivity contribution in [1.29, 1.82) is 0 Å². The number of hydrogen-bond acceptors (Lipinski definition) is 8. The highest BCUT2D eigenvalue weighted by atomic mass is 32.2. The van der Waals surface area contributed by atoms with Crippen LogP contribution in [-0.2, 0) is 14.8 Å². The van der Waals surface area contributed by atoms with E-state index in [0.29, 0.717) is 5.56 Å². The van der Waals surface area contributed by atoms with Gasteiger partial charge in [0.1, 0.15) is 10.9 Å². The molecule has 2 rings (SSSR count). The number of urea groups is 1. The number of amides is 2. The maximum Gasteiger partial charge on any atom is 0.335 e. The molecule has 1 aliphatic rings. The Labute approximate surface area is 131 Å². The molecule has 2 N–H and O–H groups in total. The van der Waals surface area contributed by atoms with Crippen molar-refractivity contribution in [3.8, 4) is 0 Å². The first-order valence-electron chi connectivity index (χ1n) is 6.09. The van der Waals surface area contributed by atoms with E-state index in [9.17, 15) is 13.2 Å². The van der Waals surface area contributed by atoms with Crippen molar-refractivity contribution >= 4 is 39.4 Å². The van der Waals surface area contributed by atoms with Crippen LogP contribution >= 0.6 is 11.3 Å². The SMILES string of the molecule is COC1=NC(NC(=O)NS(=O)(=O)c2sccc2C)=NCN1C. The summed E-state index contributed by atoms with van der Waals surface area (Å²) < 4.78 is 31.1. The zero-order valence-electron chi connectivity index (χ0n) is 12.2. The van der Waals surface area contributed by atoms with Gasteiger partial charge in [-0.25, -0.2) is 22.9 Å². The summed E-state index contributed by atoms with van der Waals surface area (Å²) in [5.74, 6) is -0.0226. The van der Waals surface area contributed by atoms with Gasteiger partial charge in [-0.3, -0.25) is 5.32 Å². The largest absolute Gasteiger partial charge is 0.468 e. The summed E-state index contributed by atoms with van der Waals surface area (Å²) in [4.78, 5) is 21.3. The Morgan fingerprint density at radius 1 is 1.50 bits per heavy atom. The Balaban J connectivity index is 2.05. The molecule has 22 heavy (non-hydrogen) atoms. The standard InChI is InChI=1S/C11H15N5O4S2/c1-7-4-5-21-8(7)22(18,19)15-10(17)13-9-12-6-16(2)11(14-9)20-3/h4-5H,6H2,1-3H3,(H2,12,13,15,17). The van der Waals surface area contributed by atoms with Crippen molar-refractivity contribution in [2.75, 3.05) is 20.8 Å². The first-order valence-corrected chi connectivity index (χ1v) is 8.46. The van der Waals surface area contributed by atoms with Gasteiger partial charge in [0.25, 0.3) is 16.0 Å². The third-order valence-corrected chi connectivity index (χ3v) is 5.67. The molecule has 0 bridgehead atoms. The second-order valence-electron chi connectivity index (χ2n) is 4.37. The number of carbonyl (C=O) groups excluding carboxylic acids is 1. The Morgan fingerprint density at radius 2 is 2.23 bits per heavy atom. The minimum Gasteiger partial charge on any atom is -0.468 e. The van der Waals surface area contributed by atoms with Crippen LogP contribution in [0.1, 0.15) is 5.56 Å². The normalized spacial score (nSPS) is 15.0. The molecule has 0 radical (unpaired) electrons. The summed E-state index contributed by atoms with van der Waals surface area (Å²) in [7, 11) is -0.768. The number of ether oxygens (including phenoxy) is 1. The molecule has 0 spiro atoms. The predicted octanol–water partition coefficient (Wildman–Crippen LogP) is 0.306. The summed E-state index contributed by atoms with van der Waals surface area (Å²) in [6.45, 7) is 1.89. The maximum atomic E-state index is 12.1. The molecule has 0 fully saturated rings. The predicted molar refractivity (Wildman–Crippen MR) is 82.4 cm³/mol. The maximum absolute atomic E-state index is 12.1. The summed E-state index contributed by atoms with van der Waals surface area (Å²) in [5, 5.41) is 3.91. The molecular weight excluding hydrogens is 330 g/mol. The van der Waals surface area contributed by atoms with E-state index < -0.39 is 16.1 Å². The fourth-order valence-electron chi connectivity index (χ4n) is 1.64. The van der Waals surface area contributed by atoms with E-state index in [1.807, 2.05) is 4.72 Å². The summed E-state index contributed by atoms with van der Waals surface area (Å²) in [5.41, 5.74) is 0.571. The van der Waals surface area contributed by atoms with Crippen molar-refractivity contribution in [3.05, 3.63) is 17.0 Å². The first-order chi connectivity index (χ1) is 10.3. The second-order valence-corrected chi connectivity index (χ2v) is 7.16. The fraction of sp³-hybridized carbons (Fsp3) is 0.364.